The van der Waals surface area contributed by atoms with Gasteiger partial charge in [-0.1, -0.05) is 61.5 Å². The van der Waals surface area contributed by atoms with Gasteiger partial charge in [-0.2, -0.15) is 0 Å². The van der Waals surface area contributed by atoms with Gasteiger partial charge in [-0.05, 0) is 49.1 Å². The molecule has 3 aromatic rings. The van der Waals surface area contributed by atoms with Crippen LogP contribution in [0.2, 0.25) is 0 Å². The number of benzene rings is 3. The van der Waals surface area contributed by atoms with E-state index in [4.69, 9.17) is 0 Å². The van der Waals surface area contributed by atoms with Crippen molar-refractivity contribution in [3.8, 4) is 0 Å². The number of rotatable bonds is 7. The van der Waals surface area contributed by atoms with Crippen LogP contribution in [-0.2, 0) is 6.42 Å². The lowest BCUT2D eigenvalue weighted by molar-refractivity contribution is 0.629. The molecule has 0 unspecified atom stereocenters. The normalized spacial score (nSPS) is 12.2. The SMILES string of the molecule is CCC(=Nc1ccccc1F)C(CCc1ccccc1)=Nc1ccccc1F. The Morgan fingerprint density at radius 2 is 1.18 bits per heavy atom. The molecule has 2 nitrogen and oxygen atoms in total. The van der Waals surface area contributed by atoms with E-state index < -0.39 is 0 Å². The summed E-state index contributed by atoms with van der Waals surface area (Å²) < 4.78 is 28.2. The Balaban J connectivity index is 1.98. The van der Waals surface area contributed by atoms with E-state index in [1.165, 1.54) is 12.1 Å². The quantitative estimate of drug-likeness (QED) is 0.403. The van der Waals surface area contributed by atoms with Gasteiger partial charge in [-0.25, -0.2) is 18.8 Å². The molecule has 0 bridgehead atoms. The monoisotopic (exact) mass is 376 g/mol. The second-order valence-electron chi connectivity index (χ2n) is 6.36. The maximum Gasteiger partial charge on any atom is 0.148 e. The van der Waals surface area contributed by atoms with Crippen LogP contribution in [0.1, 0.15) is 25.3 Å². The minimum atomic E-state index is -0.388. The van der Waals surface area contributed by atoms with E-state index in [9.17, 15) is 8.78 Å². The fraction of sp³-hybridized carbons (Fsp3) is 0.167. The van der Waals surface area contributed by atoms with E-state index in [2.05, 4.69) is 9.98 Å². The lowest BCUT2D eigenvalue weighted by atomic mass is 10.0. The van der Waals surface area contributed by atoms with Gasteiger partial charge in [0.25, 0.3) is 0 Å². The zero-order valence-corrected chi connectivity index (χ0v) is 15.8. The van der Waals surface area contributed by atoms with Crippen molar-refractivity contribution >= 4 is 22.8 Å². The number of hydrogen-bond donors (Lipinski definition) is 0. The molecule has 3 rings (SSSR count). The van der Waals surface area contributed by atoms with Crippen molar-refractivity contribution in [2.24, 2.45) is 9.98 Å². The smallest absolute Gasteiger partial charge is 0.148 e. The number of nitrogens with zero attached hydrogens (tertiary/aromatic N) is 2. The predicted octanol–water partition coefficient (Wildman–Crippen LogP) is 6.85. The highest BCUT2D eigenvalue weighted by molar-refractivity contribution is 6.43. The Bertz CT molecular complexity index is 979. The molecule has 0 saturated carbocycles. The van der Waals surface area contributed by atoms with Crippen LogP contribution in [0, 0.1) is 11.6 Å². The van der Waals surface area contributed by atoms with Crippen molar-refractivity contribution in [1.82, 2.24) is 0 Å². The number of aliphatic imine (C=N–C) groups is 2. The maximum atomic E-state index is 14.2. The highest BCUT2D eigenvalue weighted by Gasteiger charge is 2.12. The molecule has 0 spiro atoms. The van der Waals surface area contributed by atoms with Gasteiger partial charge in [0.05, 0.1) is 22.8 Å². The lowest BCUT2D eigenvalue weighted by Crippen LogP contribution is -2.14. The van der Waals surface area contributed by atoms with E-state index >= 15 is 0 Å². The van der Waals surface area contributed by atoms with Gasteiger partial charge in [-0.3, -0.25) is 0 Å². The second kappa shape index (κ2) is 9.70. The van der Waals surface area contributed by atoms with Crippen molar-refractivity contribution in [3.63, 3.8) is 0 Å². The molecule has 0 heterocycles. The molecule has 0 amide bonds. The van der Waals surface area contributed by atoms with E-state index in [1.807, 2.05) is 37.3 Å². The largest absolute Gasteiger partial charge is 0.248 e. The van der Waals surface area contributed by atoms with Gasteiger partial charge in [0.1, 0.15) is 11.6 Å². The molecule has 0 atom stereocenters. The maximum absolute atomic E-state index is 14.2. The van der Waals surface area contributed by atoms with Gasteiger partial charge < -0.3 is 0 Å². The Hall–Kier alpha value is -3.14. The fourth-order valence-corrected chi connectivity index (χ4v) is 2.90. The number of hydrogen-bond acceptors (Lipinski definition) is 2. The number of aryl methyl sites for hydroxylation is 1. The van der Waals surface area contributed by atoms with Crippen molar-refractivity contribution in [2.45, 2.75) is 26.2 Å². The van der Waals surface area contributed by atoms with Gasteiger partial charge >= 0.3 is 0 Å². The van der Waals surface area contributed by atoms with Crippen LogP contribution in [0.3, 0.4) is 0 Å². The van der Waals surface area contributed by atoms with Gasteiger partial charge in [0, 0.05) is 0 Å². The first-order valence-corrected chi connectivity index (χ1v) is 9.36. The predicted molar refractivity (Wildman–Crippen MR) is 112 cm³/mol. The van der Waals surface area contributed by atoms with Crippen LogP contribution in [0.25, 0.3) is 0 Å². The Labute approximate surface area is 164 Å². The number of halogens is 2. The third kappa shape index (κ3) is 5.19. The van der Waals surface area contributed by atoms with E-state index in [0.29, 0.717) is 24.3 Å². The first-order chi connectivity index (χ1) is 13.7. The average Bonchev–Trinajstić information content (AvgIpc) is 2.73. The van der Waals surface area contributed by atoms with Crippen molar-refractivity contribution in [3.05, 3.63) is 96.1 Å². The second-order valence-corrected chi connectivity index (χ2v) is 6.36. The van der Waals surface area contributed by atoms with Crippen LogP contribution in [-0.4, -0.2) is 11.4 Å². The third-order valence-corrected chi connectivity index (χ3v) is 4.38. The summed E-state index contributed by atoms with van der Waals surface area (Å²) in [6.07, 6.45) is 1.89. The lowest BCUT2D eigenvalue weighted by Gasteiger charge is -2.10. The molecule has 0 aliphatic carbocycles. The molecule has 0 aliphatic heterocycles. The number of para-hydroxylation sites is 2. The van der Waals surface area contributed by atoms with Crippen molar-refractivity contribution in [2.75, 3.05) is 0 Å². The van der Waals surface area contributed by atoms with Crippen molar-refractivity contribution < 1.29 is 8.78 Å². The fourth-order valence-electron chi connectivity index (χ4n) is 2.90. The molecule has 0 radical (unpaired) electrons. The molecular weight excluding hydrogens is 354 g/mol. The summed E-state index contributed by atoms with van der Waals surface area (Å²) in [4.78, 5) is 9.06. The molecule has 0 aliphatic rings. The summed E-state index contributed by atoms with van der Waals surface area (Å²) in [7, 11) is 0. The zero-order valence-electron chi connectivity index (χ0n) is 15.8. The summed E-state index contributed by atoms with van der Waals surface area (Å²) in [6, 6.07) is 22.8. The minimum Gasteiger partial charge on any atom is -0.248 e. The molecule has 142 valence electrons. The van der Waals surface area contributed by atoms with Crippen LogP contribution in [0.4, 0.5) is 20.2 Å². The zero-order chi connectivity index (χ0) is 19.8. The summed E-state index contributed by atoms with van der Waals surface area (Å²) >= 11 is 0. The average molecular weight is 376 g/mol. The molecule has 28 heavy (non-hydrogen) atoms. The molecule has 0 saturated heterocycles. The third-order valence-electron chi connectivity index (χ3n) is 4.38. The van der Waals surface area contributed by atoms with Crippen LogP contribution < -0.4 is 0 Å². The van der Waals surface area contributed by atoms with Crippen molar-refractivity contribution in [1.29, 1.82) is 0 Å². The Morgan fingerprint density at radius 3 is 1.71 bits per heavy atom. The van der Waals surface area contributed by atoms with E-state index in [-0.39, 0.29) is 23.0 Å². The first-order valence-electron chi connectivity index (χ1n) is 9.36. The van der Waals surface area contributed by atoms with Crippen LogP contribution >= 0.6 is 0 Å². The minimum absolute atomic E-state index is 0.264. The molecule has 4 heteroatoms. The molecule has 0 fully saturated rings. The molecule has 3 aromatic carbocycles. The topological polar surface area (TPSA) is 24.7 Å². The Morgan fingerprint density at radius 1 is 0.679 bits per heavy atom. The van der Waals surface area contributed by atoms with E-state index in [0.717, 1.165) is 12.0 Å². The van der Waals surface area contributed by atoms with Crippen LogP contribution in [0.15, 0.2) is 88.8 Å². The summed E-state index contributed by atoms with van der Waals surface area (Å²) in [5.74, 6) is -0.775. The standard InChI is InChI=1S/C24H22F2N2/c1-2-21(27-22-14-8-6-12-19(22)25)24(17-16-18-10-4-3-5-11-18)28-23-15-9-7-13-20(23)26/h3-15H,2,16-17H2,1H3. The highest BCUT2D eigenvalue weighted by Crippen LogP contribution is 2.21. The van der Waals surface area contributed by atoms with Gasteiger partial charge in [0.2, 0.25) is 0 Å². The summed E-state index contributed by atoms with van der Waals surface area (Å²) in [6.45, 7) is 1.94. The first kappa shape index (κ1) is 19.6. The highest BCUT2D eigenvalue weighted by atomic mass is 19.1. The Kier molecular flexibility index (Phi) is 6.79. The van der Waals surface area contributed by atoms with Crippen LogP contribution in [0.5, 0.6) is 0 Å². The molecule has 0 aromatic heterocycles. The summed E-state index contributed by atoms with van der Waals surface area (Å²) in [5, 5.41) is 0. The van der Waals surface area contributed by atoms with E-state index in [1.54, 1.807) is 36.4 Å². The molecular formula is C24H22F2N2. The summed E-state index contributed by atoms with van der Waals surface area (Å²) in [5.41, 5.74) is 3.01. The van der Waals surface area contributed by atoms with Gasteiger partial charge in [-0.15, -0.1) is 0 Å². The molecule has 0 N–H and O–H groups in total. The van der Waals surface area contributed by atoms with Gasteiger partial charge in [0.15, 0.2) is 0 Å².